The summed E-state index contributed by atoms with van der Waals surface area (Å²) in [5.41, 5.74) is 2.04. The molecule has 0 aliphatic heterocycles. The van der Waals surface area contributed by atoms with Crippen LogP contribution < -0.4 is 4.90 Å². The maximum Gasteiger partial charge on any atom is 0.202 e. The molecule has 0 spiro atoms. The molecule has 2 nitrogen and oxygen atoms in total. The monoisotopic (exact) mass is 237 g/mol. The molecular weight excluding hydrogens is 222 g/mol. The number of carbonyl (C=O) groups excluding carboxylic acids is 1. The molecule has 18 heavy (non-hydrogen) atoms. The minimum absolute atomic E-state index is 0.113. The van der Waals surface area contributed by atoms with Crippen LogP contribution in [0.25, 0.3) is 10.8 Å². The van der Waals surface area contributed by atoms with Crippen molar-refractivity contribution in [3.8, 4) is 11.8 Å². The number of rotatable bonds is 1. The minimum Gasteiger partial charge on any atom is -0.378 e. The Hall–Kier alpha value is -2.27. The molecule has 0 fully saturated rings. The highest BCUT2D eigenvalue weighted by atomic mass is 16.1. The summed E-state index contributed by atoms with van der Waals surface area (Å²) < 4.78 is 0. The van der Waals surface area contributed by atoms with Gasteiger partial charge in [-0.2, -0.15) is 0 Å². The van der Waals surface area contributed by atoms with E-state index in [0.717, 1.165) is 10.9 Å². The first kappa shape index (κ1) is 12.2. The molecule has 2 rings (SSSR count). The molecule has 0 aromatic heterocycles. The summed E-state index contributed by atoms with van der Waals surface area (Å²) in [5, 5.41) is 2.31. The Balaban J connectivity index is 2.45. The van der Waals surface area contributed by atoms with Crippen LogP contribution in [0, 0.1) is 11.8 Å². The number of carbonyl (C=O) groups is 1. The predicted molar refractivity (Wildman–Crippen MR) is 75.8 cm³/mol. The second kappa shape index (κ2) is 4.93. The first-order chi connectivity index (χ1) is 8.56. The fraction of sp³-hybridized carbons (Fsp3) is 0.188. The van der Waals surface area contributed by atoms with Crippen LogP contribution in [0.2, 0.25) is 0 Å². The molecule has 0 N–H and O–H groups in total. The van der Waals surface area contributed by atoms with Crippen molar-refractivity contribution in [2.75, 3.05) is 19.0 Å². The van der Waals surface area contributed by atoms with Gasteiger partial charge in [-0.1, -0.05) is 18.1 Å². The lowest BCUT2D eigenvalue weighted by Crippen LogP contribution is -2.07. The number of fused-ring (bicyclic) bond motifs is 1. The van der Waals surface area contributed by atoms with E-state index in [0.29, 0.717) is 0 Å². The van der Waals surface area contributed by atoms with E-state index in [1.807, 2.05) is 32.3 Å². The van der Waals surface area contributed by atoms with E-state index < -0.39 is 0 Å². The molecule has 0 radical (unpaired) electrons. The molecule has 0 aliphatic carbocycles. The van der Waals surface area contributed by atoms with Crippen molar-refractivity contribution in [2.24, 2.45) is 0 Å². The third kappa shape index (κ3) is 2.70. The first-order valence-corrected chi connectivity index (χ1v) is 5.80. The van der Waals surface area contributed by atoms with Gasteiger partial charge in [-0.25, -0.2) is 0 Å². The van der Waals surface area contributed by atoms with E-state index in [4.69, 9.17) is 0 Å². The van der Waals surface area contributed by atoms with Crippen LogP contribution in [-0.4, -0.2) is 19.9 Å². The fourth-order valence-corrected chi connectivity index (χ4v) is 1.75. The van der Waals surface area contributed by atoms with Crippen molar-refractivity contribution in [2.45, 2.75) is 6.92 Å². The Morgan fingerprint density at radius 3 is 2.39 bits per heavy atom. The zero-order valence-electron chi connectivity index (χ0n) is 10.8. The lowest BCUT2D eigenvalue weighted by atomic mass is 10.1. The predicted octanol–water partition coefficient (Wildman–Crippen LogP) is 2.85. The van der Waals surface area contributed by atoms with Crippen molar-refractivity contribution in [3.05, 3.63) is 42.0 Å². The van der Waals surface area contributed by atoms with Gasteiger partial charge in [0.25, 0.3) is 0 Å². The van der Waals surface area contributed by atoms with Gasteiger partial charge in [0.05, 0.1) is 0 Å². The third-order valence-corrected chi connectivity index (χ3v) is 2.72. The van der Waals surface area contributed by atoms with Crippen molar-refractivity contribution >= 4 is 22.2 Å². The SMILES string of the molecule is CC(=O)C#Cc1ccc2cc(N(C)C)ccc2c1. The van der Waals surface area contributed by atoms with Crippen molar-refractivity contribution in [3.63, 3.8) is 0 Å². The van der Waals surface area contributed by atoms with Crippen molar-refractivity contribution < 1.29 is 4.79 Å². The highest BCUT2D eigenvalue weighted by Gasteiger charge is 1.99. The molecule has 2 heteroatoms. The highest BCUT2D eigenvalue weighted by molar-refractivity contribution is 5.94. The summed E-state index contributed by atoms with van der Waals surface area (Å²) in [7, 11) is 4.04. The second-order valence-electron chi connectivity index (χ2n) is 4.45. The normalized spacial score (nSPS) is 9.72. The fourth-order valence-electron chi connectivity index (χ4n) is 1.75. The average molecular weight is 237 g/mol. The van der Waals surface area contributed by atoms with Gasteiger partial charge in [0.2, 0.25) is 5.78 Å². The number of hydrogen-bond acceptors (Lipinski definition) is 2. The van der Waals surface area contributed by atoms with E-state index in [9.17, 15) is 4.79 Å². The minimum atomic E-state index is -0.113. The molecule has 2 aromatic rings. The zero-order valence-corrected chi connectivity index (χ0v) is 10.8. The van der Waals surface area contributed by atoms with Gasteiger partial charge in [-0.15, -0.1) is 0 Å². The Labute approximate surface area is 107 Å². The lowest BCUT2D eigenvalue weighted by molar-refractivity contribution is -0.111. The maximum atomic E-state index is 10.8. The number of Topliss-reactive ketones (excluding diaryl/α,β-unsaturated/α-hetero) is 1. The van der Waals surface area contributed by atoms with Crippen LogP contribution in [0.4, 0.5) is 5.69 Å². The van der Waals surface area contributed by atoms with Gasteiger partial charge in [0, 0.05) is 32.3 Å². The molecule has 0 saturated carbocycles. The van der Waals surface area contributed by atoms with E-state index in [1.54, 1.807) is 0 Å². The number of nitrogens with zero attached hydrogens (tertiary/aromatic N) is 1. The van der Waals surface area contributed by atoms with E-state index in [1.165, 1.54) is 18.0 Å². The number of hydrogen-bond donors (Lipinski definition) is 0. The summed E-state index contributed by atoms with van der Waals surface area (Å²) in [6, 6.07) is 12.3. The molecule has 0 saturated heterocycles. The van der Waals surface area contributed by atoms with Gasteiger partial charge in [0.15, 0.2) is 0 Å². The largest absolute Gasteiger partial charge is 0.378 e. The van der Waals surface area contributed by atoms with Gasteiger partial charge in [-0.05, 0) is 41.0 Å². The lowest BCUT2D eigenvalue weighted by Gasteiger charge is -2.12. The molecule has 0 unspecified atom stereocenters. The quantitative estimate of drug-likeness (QED) is 0.711. The number of benzene rings is 2. The Morgan fingerprint density at radius 1 is 1.06 bits per heavy atom. The van der Waals surface area contributed by atoms with Gasteiger partial charge in [0.1, 0.15) is 0 Å². The second-order valence-corrected chi connectivity index (χ2v) is 4.45. The third-order valence-electron chi connectivity index (χ3n) is 2.72. The molecule has 0 heterocycles. The molecule has 0 aliphatic rings. The van der Waals surface area contributed by atoms with Crippen LogP contribution >= 0.6 is 0 Å². The Kier molecular flexibility index (Phi) is 3.34. The molecule has 90 valence electrons. The topological polar surface area (TPSA) is 20.3 Å². The van der Waals surface area contributed by atoms with Gasteiger partial charge < -0.3 is 4.90 Å². The number of ketones is 1. The number of anilines is 1. The van der Waals surface area contributed by atoms with Crippen molar-refractivity contribution in [1.82, 2.24) is 0 Å². The van der Waals surface area contributed by atoms with Crippen LogP contribution in [0.3, 0.4) is 0 Å². The summed E-state index contributed by atoms with van der Waals surface area (Å²) in [6.45, 7) is 1.47. The van der Waals surface area contributed by atoms with Gasteiger partial charge in [-0.3, -0.25) is 4.79 Å². The Morgan fingerprint density at radius 2 is 1.72 bits per heavy atom. The summed E-state index contributed by atoms with van der Waals surface area (Å²) >= 11 is 0. The van der Waals surface area contributed by atoms with Crippen LogP contribution in [0.5, 0.6) is 0 Å². The van der Waals surface area contributed by atoms with Crippen LogP contribution in [0.1, 0.15) is 12.5 Å². The molecular formula is C16H15NO. The summed E-state index contributed by atoms with van der Waals surface area (Å²) in [6.07, 6.45) is 0. The maximum absolute atomic E-state index is 10.8. The van der Waals surface area contributed by atoms with Gasteiger partial charge >= 0.3 is 0 Å². The first-order valence-electron chi connectivity index (χ1n) is 5.80. The smallest absolute Gasteiger partial charge is 0.202 e. The van der Waals surface area contributed by atoms with E-state index in [2.05, 4.69) is 34.9 Å². The molecule has 0 bridgehead atoms. The zero-order chi connectivity index (χ0) is 13.1. The Bertz CT molecular complexity index is 660. The van der Waals surface area contributed by atoms with Crippen LogP contribution in [0.15, 0.2) is 36.4 Å². The summed E-state index contributed by atoms with van der Waals surface area (Å²) in [5.74, 6) is 5.31. The van der Waals surface area contributed by atoms with E-state index >= 15 is 0 Å². The average Bonchev–Trinajstić information content (AvgIpc) is 2.35. The molecule has 0 amide bonds. The standard InChI is InChI=1S/C16H15NO/c1-12(18)4-5-13-6-7-15-11-16(17(2)3)9-8-14(15)10-13/h6-11H,1-3H3. The van der Waals surface area contributed by atoms with Crippen LogP contribution in [-0.2, 0) is 4.79 Å². The highest BCUT2D eigenvalue weighted by Crippen LogP contribution is 2.21. The summed E-state index contributed by atoms with van der Waals surface area (Å²) in [4.78, 5) is 12.9. The molecule has 2 aromatic carbocycles. The van der Waals surface area contributed by atoms with E-state index in [-0.39, 0.29) is 5.78 Å². The van der Waals surface area contributed by atoms with Crippen molar-refractivity contribution in [1.29, 1.82) is 0 Å². The molecule has 0 atom stereocenters.